The molecule has 174 valence electrons. The van der Waals surface area contributed by atoms with Crippen molar-refractivity contribution in [1.82, 2.24) is 4.90 Å². The summed E-state index contributed by atoms with van der Waals surface area (Å²) in [4.78, 5) is 14.7. The Bertz CT molecular complexity index is 1090. The minimum Gasteiger partial charge on any atom is -0.483 e. The van der Waals surface area contributed by atoms with E-state index in [1.54, 1.807) is 17.9 Å². The van der Waals surface area contributed by atoms with E-state index < -0.39 is 27.9 Å². The van der Waals surface area contributed by atoms with E-state index in [1.165, 1.54) is 19.2 Å². The Morgan fingerprint density at radius 3 is 2.56 bits per heavy atom. The Morgan fingerprint density at radius 1 is 1.16 bits per heavy atom. The SMILES string of the molecule is CCCS(=O)(=O)Cc1cccc(OC2CN(C(=O)c3cc(C)ccc3C)CC2OC)c1F. The Labute approximate surface area is 189 Å². The van der Waals surface area contributed by atoms with Crippen LogP contribution >= 0.6 is 0 Å². The summed E-state index contributed by atoms with van der Waals surface area (Å²) in [5, 5.41) is 0. The van der Waals surface area contributed by atoms with E-state index in [9.17, 15) is 13.2 Å². The van der Waals surface area contributed by atoms with Crippen molar-refractivity contribution in [3.63, 3.8) is 0 Å². The lowest BCUT2D eigenvalue weighted by molar-refractivity contribution is 0.0322. The van der Waals surface area contributed by atoms with E-state index in [0.717, 1.165) is 11.1 Å². The zero-order valence-corrected chi connectivity index (χ0v) is 19.7. The molecule has 1 aliphatic rings. The van der Waals surface area contributed by atoms with Gasteiger partial charge in [0.2, 0.25) is 0 Å². The van der Waals surface area contributed by atoms with Crippen LogP contribution in [-0.4, -0.2) is 57.4 Å². The topological polar surface area (TPSA) is 72.9 Å². The van der Waals surface area contributed by atoms with Gasteiger partial charge in [-0.3, -0.25) is 4.79 Å². The van der Waals surface area contributed by atoms with E-state index >= 15 is 4.39 Å². The second kappa shape index (κ2) is 10.0. The van der Waals surface area contributed by atoms with Gasteiger partial charge in [0.05, 0.1) is 24.6 Å². The van der Waals surface area contributed by atoms with Crippen molar-refractivity contribution in [2.45, 2.75) is 45.2 Å². The molecule has 0 bridgehead atoms. The van der Waals surface area contributed by atoms with Gasteiger partial charge in [-0.25, -0.2) is 12.8 Å². The molecular weight excluding hydrogens is 433 g/mol. The van der Waals surface area contributed by atoms with Crippen molar-refractivity contribution < 1.29 is 27.1 Å². The molecule has 0 aliphatic carbocycles. The lowest BCUT2D eigenvalue weighted by Gasteiger charge is -2.20. The highest BCUT2D eigenvalue weighted by Crippen LogP contribution is 2.27. The average Bonchev–Trinajstić information content (AvgIpc) is 3.15. The summed E-state index contributed by atoms with van der Waals surface area (Å²) in [6.07, 6.45) is -0.538. The molecule has 2 atom stereocenters. The molecule has 0 N–H and O–H groups in total. The van der Waals surface area contributed by atoms with Gasteiger partial charge >= 0.3 is 0 Å². The molecule has 32 heavy (non-hydrogen) atoms. The quantitative estimate of drug-likeness (QED) is 0.597. The predicted molar refractivity (Wildman–Crippen MR) is 121 cm³/mol. The van der Waals surface area contributed by atoms with Crippen LogP contribution in [0.2, 0.25) is 0 Å². The molecule has 0 aromatic heterocycles. The Hall–Kier alpha value is -2.45. The maximum absolute atomic E-state index is 15.0. The molecule has 1 heterocycles. The molecule has 3 rings (SSSR count). The van der Waals surface area contributed by atoms with Crippen LogP contribution in [0.4, 0.5) is 4.39 Å². The number of halogens is 1. The van der Waals surface area contributed by atoms with Gasteiger partial charge in [0.15, 0.2) is 21.4 Å². The number of methoxy groups -OCH3 is 1. The molecule has 2 unspecified atom stereocenters. The second-order valence-electron chi connectivity index (χ2n) is 8.28. The zero-order chi connectivity index (χ0) is 23.5. The largest absolute Gasteiger partial charge is 0.483 e. The second-order valence-corrected chi connectivity index (χ2v) is 10.5. The van der Waals surface area contributed by atoms with Gasteiger partial charge in [0.25, 0.3) is 5.91 Å². The molecular formula is C24H30FNO5S. The number of nitrogens with zero attached hydrogens (tertiary/aromatic N) is 1. The Balaban J connectivity index is 1.78. The summed E-state index contributed by atoms with van der Waals surface area (Å²) in [6, 6.07) is 10.2. The van der Waals surface area contributed by atoms with Crippen LogP contribution in [0.5, 0.6) is 5.75 Å². The fraction of sp³-hybridized carbons (Fsp3) is 0.458. The van der Waals surface area contributed by atoms with Crippen LogP contribution in [0, 0.1) is 19.7 Å². The number of hydrogen-bond acceptors (Lipinski definition) is 5. The van der Waals surface area contributed by atoms with Gasteiger partial charge in [-0.2, -0.15) is 0 Å². The first kappa shape index (κ1) is 24.2. The van der Waals surface area contributed by atoms with Crippen LogP contribution in [-0.2, 0) is 20.3 Å². The van der Waals surface area contributed by atoms with Crippen LogP contribution < -0.4 is 4.74 Å². The summed E-state index contributed by atoms with van der Waals surface area (Å²) < 4.78 is 50.7. The summed E-state index contributed by atoms with van der Waals surface area (Å²) in [5.41, 5.74) is 2.57. The maximum atomic E-state index is 15.0. The van der Waals surface area contributed by atoms with E-state index in [0.29, 0.717) is 18.5 Å². The van der Waals surface area contributed by atoms with Crippen LogP contribution in [0.3, 0.4) is 0 Å². The highest BCUT2D eigenvalue weighted by Gasteiger charge is 2.38. The summed E-state index contributed by atoms with van der Waals surface area (Å²) in [7, 11) is -1.87. The molecule has 1 fully saturated rings. The lowest BCUT2D eigenvalue weighted by atomic mass is 10.0. The number of carbonyl (C=O) groups excluding carboxylic acids is 1. The van der Waals surface area contributed by atoms with E-state index in [-0.39, 0.29) is 35.3 Å². The molecule has 1 amide bonds. The zero-order valence-electron chi connectivity index (χ0n) is 18.9. The summed E-state index contributed by atoms with van der Waals surface area (Å²) >= 11 is 0. The summed E-state index contributed by atoms with van der Waals surface area (Å²) in [5.74, 6) is -1.23. The van der Waals surface area contributed by atoms with Crippen molar-refractivity contribution in [2.75, 3.05) is 26.0 Å². The van der Waals surface area contributed by atoms with Gasteiger partial charge in [-0.1, -0.05) is 36.8 Å². The van der Waals surface area contributed by atoms with Crippen molar-refractivity contribution >= 4 is 15.7 Å². The van der Waals surface area contributed by atoms with Crippen LogP contribution in [0.25, 0.3) is 0 Å². The third kappa shape index (κ3) is 5.48. The van der Waals surface area contributed by atoms with Crippen molar-refractivity contribution in [3.8, 4) is 5.75 Å². The highest BCUT2D eigenvalue weighted by atomic mass is 32.2. The smallest absolute Gasteiger partial charge is 0.254 e. The highest BCUT2D eigenvalue weighted by molar-refractivity contribution is 7.90. The number of ether oxygens (including phenoxy) is 2. The maximum Gasteiger partial charge on any atom is 0.254 e. The number of rotatable bonds is 8. The van der Waals surface area contributed by atoms with Gasteiger partial charge in [0, 0.05) is 18.2 Å². The van der Waals surface area contributed by atoms with Crippen molar-refractivity contribution in [1.29, 1.82) is 0 Å². The average molecular weight is 464 g/mol. The van der Waals surface area contributed by atoms with Crippen molar-refractivity contribution in [2.24, 2.45) is 0 Å². The first-order valence-corrected chi connectivity index (χ1v) is 12.5. The molecule has 0 saturated carbocycles. The van der Waals surface area contributed by atoms with E-state index in [1.807, 2.05) is 32.0 Å². The standard InChI is InChI=1S/C24H30FNO5S/c1-5-11-32(28,29)15-18-7-6-8-20(23(18)25)31-22-14-26(13-21(22)30-4)24(27)19-12-16(2)9-10-17(19)3/h6-10,12,21-22H,5,11,13-15H2,1-4H3. The molecule has 2 aromatic rings. The number of aryl methyl sites for hydroxylation is 2. The Morgan fingerprint density at radius 2 is 1.88 bits per heavy atom. The number of carbonyl (C=O) groups is 1. The molecule has 8 heteroatoms. The van der Waals surface area contributed by atoms with Gasteiger partial charge < -0.3 is 14.4 Å². The molecule has 6 nitrogen and oxygen atoms in total. The number of hydrogen-bond donors (Lipinski definition) is 0. The lowest BCUT2D eigenvalue weighted by Crippen LogP contribution is -2.32. The fourth-order valence-corrected chi connectivity index (χ4v) is 5.39. The fourth-order valence-electron chi connectivity index (χ4n) is 3.93. The van der Waals surface area contributed by atoms with E-state index in [2.05, 4.69) is 0 Å². The number of benzene rings is 2. The number of amides is 1. The van der Waals surface area contributed by atoms with E-state index in [4.69, 9.17) is 9.47 Å². The van der Waals surface area contributed by atoms with Crippen molar-refractivity contribution in [3.05, 3.63) is 64.5 Å². The van der Waals surface area contributed by atoms with Gasteiger partial charge in [-0.05, 0) is 38.0 Å². The number of sulfone groups is 1. The summed E-state index contributed by atoms with van der Waals surface area (Å²) in [6.45, 7) is 6.14. The first-order valence-electron chi connectivity index (χ1n) is 10.7. The van der Waals surface area contributed by atoms with Crippen LogP contribution in [0.15, 0.2) is 36.4 Å². The Kier molecular flexibility index (Phi) is 7.56. The first-order chi connectivity index (χ1) is 15.1. The third-order valence-electron chi connectivity index (χ3n) is 5.64. The number of likely N-dealkylation sites (tertiary alicyclic amines) is 1. The minimum absolute atomic E-state index is 0.00134. The van der Waals surface area contributed by atoms with Gasteiger partial charge in [0.1, 0.15) is 12.2 Å². The normalized spacial score (nSPS) is 18.7. The van der Waals surface area contributed by atoms with Crippen LogP contribution in [0.1, 0.15) is 40.4 Å². The third-order valence-corrected chi connectivity index (χ3v) is 7.42. The molecule has 0 radical (unpaired) electrons. The predicted octanol–water partition coefficient (Wildman–Crippen LogP) is 3.69. The van der Waals surface area contributed by atoms with Gasteiger partial charge in [-0.15, -0.1) is 0 Å². The monoisotopic (exact) mass is 463 g/mol. The molecule has 1 saturated heterocycles. The molecule has 0 spiro atoms. The molecule has 1 aliphatic heterocycles. The molecule has 2 aromatic carbocycles. The minimum atomic E-state index is -3.40.